The summed E-state index contributed by atoms with van der Waals surface area (Å²) in [7, 11) is 1.48. The number of rotatable bonds is 4. The maximum Gasteiger partial charge on any atom is 0.231 e. The molecule has 0 fully saturated rings. The van der Waals surface area contributed by atoms with Crippen molar-refractivity contribution in [3.63, 3.8) is 0 Å². The third kappa shape index (κ3) is 2.63. The minimum Gasteiger partial charge on any atom is -0.455 e. The van der Waals surface area contributed by atoms with Gasteiger partial charge in [0, 0.05) is 13.2 Å². The minimum absolute atomic E-state index is 0.0584. The van der Waals surface area contributed by atoms with Crippen molar-refractivity contribution in [1.29, 1.82) is 0 Å². The lowest BCUT2D eigenvalue weighted by molar-refractivity contribution is 0.0996. The number of nitrogen functional groups attached to an aromatic ring is 1. The molecule has 0 aliphatic heterocycles. The molecule has 0 saturated heterocycles. The van der Waals surface area contributed by atoms with E-state index in [1.165, 1.54) is 13.2 Å². The summed E-state index contributed by atoms with van der Waals surface area (Å²) in [5, 5.41) is 0. The summed E-state index contributed by atoms with van der Waals surface area (Å²) in [5.74, 6) is -2.22. The van der Waals surface area contributed by atoms with E-state index < -0.39 is 17.4 Å². The Morgan fingerprint density at radius 1 is 1.32 bits per heavy atom. The molecule has 0 saturated carbocycles. The van der Waals surface area contributed by atoms with Crippen LogP contribution in [0.1, 0.15) is 21.9 Å². The van der Waals surface area contributed by atoms with Crippen LogP contribution in [0.25, 0.3) is 0 Å². The number of methoxy groups -OCH3 is 1. The number of ketones is 1. The highest BCUT2D eigenvalue weighted by Crippen LogP contribution is 2.21. The topological polar surface area (TPSA) is 65.5 Å². The van der Waals surface area contributed by atoms with Crippen LogP contribution < -0.4 is 5.73 Å². The van der Waals surface area contributed by atoms with E-state index in [-0.39, 0.29) is 23.6 Å². The average molecular weight is 267 g/mol. The van der Waals surface area contributed by atoms with Crippen molar-refractivity contribution >= 4 is 11.5 Å². The molecule has 0 atom stereocenters. The summed E-state index contributed by atoms with van der Waals surface area (Å²) in [6.45, 7) is 0.196. The number of hydrogen-bond donors (Lipinski definition) is 1. The second-order valence-electron chi connectivity index (χ2n) is 3.88. The van der Waals surface area contributed by atoms with Gasteiger partial charge in [-0.25, -0.2) is 8.78 Å². The van der Waals surface area contributed by atoms with Crippen LogP contribution in [0, 0.1) is 11.6 Å². The standard InChI is InChI=1S/C13H11F2NO3/c1-18-6-7-2-3-12(19-7)13(17)8-4-11(16)10(15)5-9(8)14/h2-5H,6,16H2,1H3. The van der Waals surface area contributed by atoms with Gasteiger partial charge in [0.2, 0.25) is 5.78 Å². The Morgan fingerprint density at radius 3 is 2.74 bits per heavy atom. The number of ether oxygens (including phenoxy) is 1. The normalized spacial score (nSPS) is 10.7. The van der Waals surface area contributed by atoms with Crippen LogP contribution in [0.15, 0.2) is 28.7 Å². The fourth-order valence-electron chi connectivity index (χ4n) is 1.59. The molecule has 2 rings (SSSR count). The molecule has 2 aromatic rings. The van der Waals surface area contributed by atoms with Crippen LogP contribution in [-0.2, 0) is 11.3 Å². The number of anilines is 1. The van der Waals surface area contributed by atoms with Gasteiger partial charge in [-0.15, -0.1) is 0 Å². The third-order valence-electron chi connectivity index (χ3n) is 2.50. The second-order valence-corrected chi connectivity index (χ2v) is 3.88. The Labute approximate surface area is 107 Å². The summed E-state index contributed by atoms with van der Waals surface area (Å²) in [5.41, 5.74) is 4.68. The highest BCUT2D eigenvalue weighted by Gasteiger charge is 2.19. The largest absolute Gasteiger partial charge is 0.455 e. The second kappa shape index (κ2) is 5.19. The number of nitrogens with two attached hydrogens (primary N) is 1. The van der Waals surface area contributed by atoms with Gasteiger partial charge in [-0.1, -0.05) is 0 Å². The molecule has 19 heavy (non-hydrogen) atoms. The van der Waals surface area contributed by atoms with E-state index >= 15 is 0 Å². The van der Waals surface area contributed by atoms with Crippen molar-refractivity contribution in [2.75, 3.05) is 12.8 Å². The van der Waals surface area contributed by atoms with Crippen molar-refractivity contribution in [1.82, 2.24) is 0 Å². The van der Waals surface area contributed by atoms with Gasteiger partial charge in [0.15, 0.2) is 5.76 Å². The summed E-state index contributed by atoms with van der Waals surface area (Å²) in [6.07, 6.45) is 0. The molecular formula is C13H11F2NO3. The molecule has 6 heteroatoms. The van der Waals surface area contributed by atoms with E-state index in [0.29, 0.717) is 11.8 Å². The highest BCUT2D eigenvalue weighted by atomic mass is 19.1. The first-order valence-electron chi connectivity index (χ1n) is 5.39. The van der Waals surface area contributed by atoms with E-state index in [4.69, 9.17) is 14.9 Å². The number of carbonyl (C=O) groups excluding carboxylic acids is 1. The quantitative estimate of drug-likeness (QED) is 0.682. The van der Waals surface area contributed by atoms with Gasteiger partial charge in [-0.3, -0.25) is 4.79 Å². The molecule has 4 nitrogen and oxygen atoms in total. The first kappa shape index (κ1) is 13.2. The lowest BCUT2D eigenvalue weighted by Crippen LogP contribution is -2.05. The molecule has 1 aromatic heterocycles. The van der Waals surface area contributed by atoms with E-state index in [9.17, 15) is 13.6 Å². The van der Waals surface area contributed by atoms with Crippen molar-refractivity contribution < 1.29 is 22.7 Å². The fourth-order valence-corrected chi connectivity index (χ4v) is 1.59. The SMILES string of the molecule is COCc1ccc(C(=O)c2cc(N)c(F)cc2F)o1. The number of furan rings is 1. The van der Waals surface area contributed by atoms with Crippen LogP contribution in [0.5, 0.6) is 0 Å². The molecule has 0 spiro atoms. The zero-order chi connectivity index (χ0) is 14.0. The Morgan fingerprint density at radius 2 is 2.05 bits per heavy atom. The molecule has 2 N–H and O–H groups in total. The van der Waals surface area contributed by atoms with E-state index in [0.717, 1.165) is 6.07 Å². The number of halogens is 2. The van der Waals surface area contributed by atoms with E-state index in [1.54, 1.807) is 6.07 Å². The highest BCUT2D eigenvalue weighted by molar-refractivity contribution is 6.07. The predicted octanol–water partition coefficient (Wildman–Crippen LogP) is 2.52. The number of carbonyl (C=O) groups is 1. The number of benzene rings is 1. The van der Waals surface area contributed by atoms with Crippen LogP contribution in [-0.4, -0.2) is 12.9 Å². The van der Waals surface area contributed by atoms with Gasteiger partial charge < -0.3 is 14.9 Å². The molecule has 0 aliphatic rings. The van der Waals surface area contributed by atoms with Gasteiger partial charge in [0.25, 0.3) is 0 Å². The molecule has 0 radical (unpaired) electrons. The molecule has 1 heterocycles. The van der Waals surface area contributed by atoms with Crippen molar-refractivity contribution in [3.05, 3.63) is 53.0 Å². The Hall–Kier alpha value is -2.21. The van der Waals surface area contributed by atoms with Crippen molar-refractivity contribution in [3.8, 4) is 0 Å². The summed E-state index contributed by atoms with van der Waals surface area (Å²) in [4.78, 5) is 12.0. The summed E-state index contributed by atoms with van der Waals surface area (Å²) in [6, 6.07) is 4.46. The fraction of sp³-hybridized carbons (Fsp3) is 0.154. The first-order valence-corrected chi connectivity index (χ1v) is 5.39. The summed E-state index contributed by atoms with van der Waals surface area (Å²) >= 11 is 0. The maximum absolute atomic E-state index is 13.5. The average Bonchev–Trinajstić information content (AvgIpc) is 2.82. The van der Waals surface area contributed by atoms with E-state index in [2.05, 4.69) is 0 Å². The molecule has 0 unspecified atom stereocenters. The molecular weight excluding hydrogens is 256 g/mol. The Balaban J connectivity index is 2.35. The smallest absolute Gasteiger partial charge is 0.231 e. The van der Waals surface area contributed by atoms with Crippen LogP contribution in [0.3, 0.4) is 0 Å². The van der Waals surface area contributed by atoms with Gasteiger partial charge in [0.1, 0.15) is 24.0 Å². The van der Waals surface area contributed by atoms with Gasteiger partial charge >= 0.3 is 0 Å². The molecule has 100 valence electrons. The lowest BCUT2D eigenvalue weighted by Gasteiger charge is -2.03. The molecule has 1 aromatic carbocycles. The van der Waals surface area contributed by atoms with Gasteiger partial charge in [-0.2, -0.15) is 0 Å². The van der Waals surface area contributed by atoms with Crippen LogP contribution in [0.2, 0.25) is 0 Å². The third-order valence-corrected chi connectivity index (χ3v) is 2.50. The molecule has 0 amide bonds. The maximum atomic E-state index is 13.5. The summed E-state index contributed by atoms with van der Waals surface area (Å²) < 4.78 is 36.6. The van der Waals surface area contributed by atoms with Gasteiger partial charge in [0.05, 0.1) is 11.3 Å². The zero-order valence-electron chi connectivity index (χ0n) is 10.1. The predicted molar refractivity (Wildman–Crippen MR) is 63.6 cm³/mol. The zero-order valence-corrected chi connectivity index (χ0v) is 10.1. The van der Waals surface area contributed by atoms with Crippen LogP contribution >= 0.6 is 0 Å². The first-order chi connectivity index (χ1) is 9.02. The lowest BCUT2D eigenvalue weighted by atomic mass is 10.1. The van der Waals surface area contributed by atoms with E-state index in [1.807, 2.05) is 0 Å². The minimum atomic E-state index is -0.985. The van der Waals surface area contributed by atoms with Crippen molar-refractivity contribution in [2.24, 2.45) is 0 Å². The molecule has 0 bridgehead atoms. The number of hydrogen-bond acceptors (Lipinski definition) is 4. The Kier molecular flexibility index (Phi) is 3.62. The van der Waals surface area contributed by atoms with Crippen LogP contribution in [0.4, 0.5) is 14.5 Å². The Bertz CT molecular complexity index is 622. The molecule has 0 aliphatic carbocycles. The monoisotopic (exact) mass is 267 g/mol. The van der Waals surface area contributed by atoms with Gasteiger partial charge in [-0.05, 0) is 18.2 Å². The van der Waals surface area contributed by atoms with Crippen molar-refractivity contribution in [2.45, 2.75) is 6.61 Å².